The van der Waals surface area contributed by atoms with Crippen LogP contribution in [0.5, 0.6) is 0 Å². The molecule has 2 aromatic rings. The van der Waals surface area contributed by atoms with Gasteiger partial charge < -0.3 is 9.73 Å². The van der Waals surface area contributed by atoms with Crippen LogP contribution in [0, 0.1) is 6.92 Å². The molecule has 0 bridgehead atoms. The highest BCUT2D eigenvalue weighted by Gasteiger charge is 2.26. The Morgan fingerprint density at radius 1 is 1.36 bits per heavy atom. The van der Waals surface area contributed by atoms with Gasteiger partial charge in [0.05, 0.1) is 11.3 Å². The number of anilines is 1. The highest BCUT2D eigenvalue weighted by atomic mass is 16.3. The molecule has 0 spiro atoms. The van der Waals surface area contributed by atoms with E-state index < -0.39 is 0 Å². The fourth-order valence-corrected chi connectivity index (χ4v) is 2.93. The van der Waals surface area contributed by atoms with Crippen molar-refractivity contribution >= 4 is 11.7 Å². The molecule has 2 aromatic heterocycles. The molecular formula is C17H23N3O2. The van der Waals surface area contributed by atoms with Crippen LogP contribution >= 0.6 is 0 Å². The van der Waals surface area contributed by atoms with E-state index in [0.29, 0.717) is 11.3 Å². The fraction of sp³-hybridized carbons (Fsp3) is 0.529. The third kappa shape index (κ3) is 2.45. The van der Waals surface area contributed by atoms with Crippen molar-refractivity contribution in [2.24, 2.45) is 7.05 Å². The van der Waals surface area contributed by atoms with Crippen LogP contribution in [0.25, 0.3) is 0 Å². The summed E-state index contributed by atoms with van der Waals surface area (Å²) in [5, 5.41) is 7.50. The van der Waals surface area contributed by atoms with Crippen LogP contribution in [0.2, 0.25) is 0 Å². The predicted octanol–water partition coefficient (Wildman–Crippen LogP) is 3.36. The van der Waals surface area contributed by atoms with Gasteiger partial charge in [-0.25, -0.2) is 0 Å². The summed E-state index contributed by atoms with van der Waals surface area (Å²) in [6.07, 6.45) is 3.09. The zero-order valence-electron chi connectivity index (χ0n) is 13.9. The molecule has 0 saturated heterocycles. The Bertz CT molecular complexity index is 732. The molecule has 0 saturated carbocycles. The Labute approximate surface area is 130 Å². The number of carbonyl (C=O) groups is 1. The molecule has 0 fully saturated rings. The summed E-state index contributed by atoms with van der Waals surface area (Å²) >= 11 is 0. The summed E-state index contributed by atoms with van der Waals surface area (Å²) in [6.45, 7) is 8.04. The standard InChI is InChI=1S/C17H23N3O2/c1-10-12(9-14(22-10)17(2,3)4)16(21)18-15-11-7-6-8-13(11)19-20(15)5/h9H,6-8H2,1-5H3,(H,18,21). The highest BCUT2D eigenvalue weighted by molar-refractivity contribution is 6.05. The number of carbonyl (C=O) groups excluding carboxylic acids is 1. The Balaban J connectivity index is 1.88. The number of furan rings is 1. The minimum Gasteiger partial charge on any atom is -0.465 e. The van der Waals surface area contributed by atoms with Gasteiger partial charge >= 0.3 is 0 Å². The van der Waals surface area contributed by atoms with Crippen molar-refractivity contribution in [3.05, 3.63) is 34.4 Å². The first kappa shape index (κ1) is 14.9. The molecule has 3 rings (SSSR count). The predicted molar refractivity (Wildman–Crippen MR) is 85.3 cm³/mol. The van der Waals surface area contributed by atoms with Gasteiger partial charge in [-0.1, -0.05) is 20.8 Å². The van der Waals surface area contributed by atoms with Gasteiger partial charge in [-0.2, -0.15) is 5.10 Å². The second-order valence-electron chi connectivity index (χ2n) is 7.04. The number of nitrogens with zero attached hydrogens (tertiary/aromatic N) is 2. The number of hydrogen-bond donors (Lipinski definition) is 1. The summed E-state index contributed by atoms with van der Waals surface area (Å²) < 4.78 is 7.52. The quantitative estimate of drug-likeness (QED) is 0.925. The van der Waals surface area contributed by atoms with Gasteiger partial charge in [0.15, 0.2) is 0 Å². The Morgan fingerprint density at radius 2 is 2.09 bits per heavy atom. The first-order valence-corrected chi connectivity index (χ1v) is 7.74. The highest BCUT2D eigenvalue weighted by Crippen LogP contribution is 2.30. The normalized spacial score (nSPS) is 14.2. The average molecular weight is 301 g/mol. The van der Waals surface area contributed by atoms with Crippen molar-refractivity contribution in [1.29, 1.82) is 0 Å². The van der Waals surface area contributed by atoms with E-state index in [-0.39, 0.29) is 11.3 Å². The second-order valence-corrected chi connectivity index (χ2v) is 7.04. The van der Waals surface area contributed by atoms with Gasteiger partial charge in [0.1, 0.15) is 17.3 Å². The monoisotopic (exact) mass is 301 g/mol. The van der Waals surface area contributed by atoms with Crippen molar-refractivity contribution in [3.63, 3.8) is 0 Å². The van der Waals surface area contributed by atoms with Gasteiger partial charge in [0.2, 0.25) is 0 Å². The van der Waals surface area contributed by atoms with Crippen molar-refractivity contribution in [2.45, 2.75) is 52.4 Å². The molecular weight excluding hydrogens is 278 g/mol. The van der Waals surface area contributed by atoms with Crippen LogP contribution in [-0.4, -0.2) is 15.7 Å². The molecule has 0 radical (unpaired) electrons. The second kappa shape index (κ2) is 5.00. The topological polar surface area (TPSA) is 60.1 Å². The van der Waals surface area contributed by atoms with Crippen LogP contribution in [-0.2, 0) is 25.3 Å². The Morgan fingerprint density at radius 3 is 2.73 bits per heavy atom. The van der Waals surface area contributed by atoms with Crippen LogP contribution in [0.1, 0.15) is 60.3 Å². The third-order valence-electron chi connectivity index (χ3n) is 4.20. The minimum absolute atomic E-state index is 0.114. The maximum atomic E-state index is 12.6. The summed E-state index contributed by atoms with van der Waals surface area (Å²) in [7, 11) is 1.87. The molecule has 118 valence electrons. The lowest BCUT2D eigenvalue weighted by atomic mass is 9.93. The van der Waals surface area contributed by atoms with E-state index in [2.05, 4.69) is 31.2 Å². The molecule has 1 N–H and O–H groups in total. The Kier molecular flexibility index (Phi) is 3.38. The molecule has 1 aliphatic rings. The van der Waals surface area contributed by atoms with E-state index in [0.717, 1.165) is 36.5 Å². The minimum atomic E-state index is -0.130. The van der Waals surface area contributed by atoms with E-state index in [1.54, 1.807) is 4.68 Å². The summed E-state index contributed by atoms with van der Waals surface area (Å²) in [5.41, 5.74) is 2.76. The number of amides is 1. The lowest BCUT2D eigenvalue weighted by Gasteiger charge is -2.13. The number of rotatable bonds is 2. The molecule has 1 aliphatic carbocycles. The average Bonchev–Trinajstić information content (AvgIpc) is 3.06. The summed E-state index contributed by atoms with van der Waals surface area (Å²) in [6, 6.07) is 1.85. The van der Waals surface area contributed by atoms with Gasteiger partial charge in [-0.15, -0.1) is 0 Å². The number of fused-ring (bicyclic) bond motifs is 1. The molecule has 0 aromatic carbocycles. The fourth-order valence-electron chi connectivity index (χ4n) is 2.93. The van der Waals surface area contributed by atoms with E-state index in [1.807, 2.05) is 20.0 Å². The number of hydrogen-bond acceptors (Lipinski definition) is 3. The molecule has 0 unspecified atom stereocenters. The largest absolute Gasteiger partial charge is 0.465 e. The number of aryl methyl sites for hydroxylation is 3. The first-order chi connectivity index (χ1) is 10.3. The van der Waals surface area contributed by atoms with Gasteiger partial charge in [-0.3, -0.25) is 9.48 Å². The van der Waals surface area contributed by atoms with E-state index in [1.165, 1.54) is 5.56 Å². The molecule has 22 heavy (non-hydrogen) atoms. The zero-order valence-corrected chi connectivity index (χ0v) is 13.9. The Hall–Kier alpha value is -2.04. The van der Waals surface area contributed by atoms with E-state index in [9.17, 15) is 4.79 Å². The van der Waals surface area contributed by atoms with Crippen molar-refractivity contribution in [3.8, 4) is 0 Å². The zero-order chi connectivity index (χ0) is 16.1. The molecule has 5 nitrogen and oxygen atoms in total. The first-order valence-electron chi connectivity index (χ1n) is 7.74. The maximum absolute atomic E-state index is 12.6. The van der Waals surface area contributed by atoms with E-state index >= 15 is 0 Å². The van der Waals surface area contributed by atoms with Crippen molar-refractivity contribution in [1.82, 2.24) is 9.78 Å². The lowest BCUT2D eigenvalue weighted by Crippen LogP contribution is -2.16. The van der Waals surface area contributed by atoms with E-state index in [4.69, 9.17) is 4.42 Å². The van der Waals surface area contributed by atoms with Crippen molar-refractivity contribution in [2.75, 3.05) is 5.32 Å². The molecule has 0 atom stereocenters. The summed E-state index contributed by atoms with van der Waals surface area (Å²) in [5.74, 6) is 2.16. The van der Waals surface area contributed by atoms with Crippen LogP contribution in [0.15, 0.2) is 10.5 Å². The summed E-state index contributed by atoms with van der Waals surface area (Å²) in [4.78, 5) is 12.6. The molecule has 2 heterocycles. The van der Waals surface area contributed by atoms with Crippen LogP contribution < -0.4 is 5.32 Å². The maximum Gasteiger partial charge on any atom is 0.260 e. The third-order valence-corrected chi connectivity index (χ3v) is 4.20. The number of aromatic nitrogens is 2. The lowest BCUT2D eigenvalue weighted by molar-refractivity contribution is 0.102. The van der Waals surface area contributed by atoms with Gasteiger partial charge in [0.25, 0.3) is 5.91 Å². The molecule has 1 amide bonds. The van der Waals surface area contributed by atoms with Crippen molar-refractivity contribution < 1.29 is 9.21 Å². The number of nitrogens with one attached hydrogen (secondary N) is 1. The van der Waals surface area contributed by atoms with Crippen LogP contribution in [0.4, 0.5) is 5.82 Å². The smallest absolute Gasteiger partial charge is 0.260 e. The molecule has 0 aliphatic heterocycles. The van der Waals surface area contributed by atoms with Gasteiger partial charge in [0, 0.05) is 18.0 Å². The van der Waals surface area contributed by atoms with Crippen LogP contribution in [0.3, 0.4) is 0 Å². The SMILES string of the molecule is Cc1oc(C(C)(C)C)cc1C(=O)Nc1c2c(nn1C)CCC2. The van der Waals surface area contributed by atoms with Gasteiger partial charge in [-0.05, 0) is 32.3 Å². The molecule has 5 heteroatoms.